The van der Waals surface area contributed by atoms with Gasteiger partial charge in [0.25, 0.3) is 0 Å². The summed E-state index contributed by atoms with van der Waals surface area (Å²) in [7, 11) is 0. The summed E-state index contributed by atoms with van der Waals surface area (Å²) in [4.78, 5) is 49.8. The molecule has 15 nitrogen and oxygen atoms in total. The SMILES string of the molecule is CC(=O)OCC12C(OC(C)=O)CC(C)C(C)(C3CC4CC(OC5CC6CC(C7(C)C(C)CC(OC(C)=O)C8(COC(C)=O)C7CCCC87CO7)OC6O5)OC4O3)C1CCCC21CO1. The van der Waals surface area contributed by atoms with E-state index in [4.69, 9.17) is 52.1 Å². The molecule has 20 atom stereocenters. The number of carbonyl (C=O) groups excluding carboxylic acids is 4. The van der Waals surface area contributed by atoms with E-state index in [-0.39, 0.29) is 95.6 Å². The standard InChI is InChI=1S/C48H70O15/c1-25-15-37(57-29(5)51)47(23-53-27(3)49)33(11-9-13-45(47)21-55-45)43(25,7)35-17-31-19-39(62-41(31)59-35)61-40-20-32-18-36(60-42(32)63-40)44(8)26(2)16-38(58-30(6)52)48(24-54-28(4)50)34(44)12-10-14-46(48)22-56-46/h25-26,31-42H,9-24H2,1-8H3. The molecular formula is C48H70O15. The zero-order valence-corrected chi connectivity index (χ0v) is 38.5. The fourth-order valence-corrected chi connectivity index (χ4v) is 15.9. The van der Waals surface area contributed by atoms with Crippen LogP contribution in [0.2, 0.25) is 0 Å². The fraction of sp³-hybridized carbons (Fsp3) is 0.917. The van der Waals surface area contributed by atoms with E-state index >= 15 is 0 Å². The average Bonchev–Trinajstić information content (AvgIpc) is 3.94. The number of hydrogen-bond donors (Lipinski definition) is 0. The van der Waals surface area contributed by atoms with Gasteiger partial charge in [0.05, 0.1) is 36.3 Å². The van der Waals surface area contributed by atoms with Gasteiger partial charge in [-0.25, -0.2) is 0 Å². The molecule has 6 aliphatic heterocycles. The van der Waals surface area contributed by atoms with Gasteiger partial charge in [-0.3, -0.25) is 19.2 Å². The molecule has 0 amide bonds. The van der Waals surface area contributed by atoms with Crippen LogP contribution in [0.1, 0.15) is 132 Å². The quantitative estimate of drug-likeness (QED) is 0.139. The fourth-order valence-electron chi connectivity index (χ4n) is 15.9. The Morgan fingerprint density at radius 1 is 0.556 bits per heavy atom. The van der Waals surface area contributed by atoms with Crippen LogP contribution in [0.4, 0.5) is 0 Å². The van der Waals surface area contributed by atoms with E-state index in [1.807, 2.05) is 0 Å². The lowest BCUT2D eigenvalue weighted by Crippen LogP contribution is -2.69. The Morgan fingerprint density at radius 2 is 0.952 bits per heavy atom. The maximum atomic E-state index is 12.6. The normalized spacial score (nSPS) is 52.6. The molecule has 4 aliphatic carbocycles. The molecule has 6 saturated heterocycles. The molecule has 6 heterocycles. The summed E-state index contributed by atoms with van der Waals surface area (Å²) in [6.07, 6.45) is 6.79. The van der Waals surface area contributed by atoms with Gasteiger partial charge < -0.3 is 52.1 Å². The highest BCUT2D eigenvalue weighted by molar-refractivity contribution is 5.67. The molecule has 0 aromatic carbocycles. The smallest absolute Gasteiger partial charge is 0.302 e. The van der Waals surface area contributed by atoms with E-state index in [1.165, 1.54) is 27.7 Å². The maximum Gasteiger partial charge on any atom is 0.302 e. The molecule has 0 aromatic heterocycles. The largest absolute Gasteiger partial charge is 0.465 e. The second kappa shape index (κ2) is 15.6. The Labute approximate surface area is 371 Å². The lowest BCUT2D eigenvalue weighted by molar-refractivity contribution is -0.300. The molecule has 10 fully saturated rings. The third kappa shape index (κ3) is 6.72. The van der Waals surface area contributed by atoms with Crippen LogP contribution in [0.15, 0.2) is 0 Å². The third-order valence-electron chi connectivity index (χ3n) is 19.3. The summed E-state index contributed by atoms with van der Waals surface area (Å²) in [5.41, 5.74) is -2.99. The molecule has 0 bridgehead atoms. The first-order chi connectivity index (χ1) is 29.9. The third-order valence-corrected chi connectivity index (χ3v) is 19.3. The molecular weight excluding hydrogens is 817 g/mol. The zero-order valence-electron chi connectivity index (χ0n) is 38.5. The first-order valence-electron chi connectivity index (χ1n) is 24.1. The van der Waals surface area contributed by atoms with Crippen molar-refractivity contribution in [1.29, 1.82) is 0 Å². The van der Waals surface area contributed by atoms with Crippen molar-refractivity contribution < 1.29 is 71.3 Å². The summed E-state index contributed by atoms with van der Waals surface area (Å²) >= 11 is 0. The van der Waals surface area contributed by atoms with Gasteiger partial charge >= 0.3 is 23.9 Å². The van der Waals surface area contributed by atoms with Gasteiger partial charge in [0, 0.05) is 63.2 Å². The van der Waals surface area contributed by atoms with Crippen LogP contribution >= 0.6 is 0 Å². The van der Waals surface area contributed by atoms with Gasteiger partial charge in [0.2, 0.25) is 0 Å². The Balaban J connectivity index is 0.798. The zero-order chi connectivity index (χ0) is 44.5. The van der Waals surface area contributed by atoms with Crippen molar-refractivity contribution in [1.82, 2.24) is 0 Å². The minimum absolute atomic E-state index is 0.0282. The van der Waals surface area contributed by atoms with Crippen LogP contribution in [0.25, 0.3) is 0 Å². The Bertz CT molecular complexity index is 1670. The lowest BCUT2D eigenvalue weighted by atomic mass is 9.42. The number of fused-ring (bicyclic) bond motifs is 6. The number of epoxide rings is 2. The monoisotopic (exact) mass is 886 g/mol. The van der Waals surface area contributed by atoms with E-state index in [2.05, 4.69) is 27.7 Å². The Kier molecular flexibility index (Phi) is 11.0. The van der Waals surface area contributed by atoms with Crippen LogP contribution < -0.4 is 0 Å². The Hall–Kier alpha value is -2.40. The second-order valence-corrected chi connectivity index (χ2v) is 22.0. The number of esters is 4. The number of ether oxygens (including phenoxy) is 11. The van der Waals surface area contributed by atoms with E-state index in [1.54, 1.807) is 0 Å². The van der Waals surface area contributed by atoms with Gasteiger partial charge in [-0.2, -0.15) is 0 Å². The van der Waals surface area contributed by atoms with Crippen LogP contribution in [0, 0.1) is 57.2 Å². The Morgan fingerprint density at radius 3 is 1.29 bits per heavy atom. The van der Waals surface area contributed by atoms with Crippen molar-refractivity contribution in [3.8, 4) is 0 Å². The van der Waals surface area contributed by atoms with E-state index in [0.29, 0.717) is 38.9 Å². The molecule has 4 saturated carbocycles. The van der Waals surface area contributed by atoms with Crippen molar-refractivity contribution >= 4 is 23.9 Å². The average molecular weight is 887 g/mol. The number of carbonyl (C=O) groups is 4. The van der Waals surface area contributed by atoms with Gasteiger partial charge in [-0.1, -0.05) is 40.5 Å². The van der Waals surface area contributed by atoms with E-state index < -0.39 is 59.4 Å². The molecule has 0 radical (unpaired) electrons. The highest BCUT2D eigenvalue weighted by Gasteiger charge is 2.78. The number of rotatable bonds is 10. The lowest BCUT2D eigenvalue weighted by Gasteiger charge is -2.64. The number of hydrogen-bond acceptors (Lipinski definition) is 15. The van der Waals surface area contributed by atoms with Crippen LogP contribution in [-0.2, 0) is 71.3 Å². The highest BCUT2D eigenvalue weighted by atomic mass is 16.8. The molecule has 10 aliphatic rings. The van der Waals surface area contributed by atoms with Crippen molar-refractivity contribution in [2.75, 3.05) is 26.4 Å². The van der Waals surface area contributed by atoms with Gasteiger partial charge in [-0.15, -0.1) is 0 Å². The van der Waals surface area contributed by atoms with E-state index in [9.17, 15) is 19.2 Å². The topological polar surface area (TPSA) is 176 Å². The summed E-state index contributed by atoms with van der Waals surface area (Å²) < 4.78 is 70.2. The summed E-state index contributed by atoms with van der Waals surface area (Å²) in [5, 5.41) is 0. The van der Waals surface area contributed by atoms with Crippen molar-refractivity contribution in [3.63, 3.8) is 0 Å². The first kappa shape index (κ1) is 44.4. The summed E-state index contributed by atoms with van der Waals surface area (Å²) in [6.45, 7) is 16.3. The predicted octanol–water partition coefficient (Wildman–Crippen LogP) is 6.15. The minimum Gasteiger partial charge on any atom is -0.465 e. The second-order valence-electron chi connectivity index (χ2n) is 22.0. The molecule has 10 rings (SSSR count). The molecule has 352 valence electrons. The van der Waals surface area contributed by atoms with Crippen molar-refractivity contribution in [2.45, 2.75) is 193 Å². The van der Waals surface area contributed by atoms with Crippen molar-refractivity contribution in [3.05, 3.63) is 0 Å². The van der Waals surface area contributed by atoms with Crippen molar-refractivity contribution in [2.24, 2.45) is 57.2 Å². The molecule has 20 unspecified atom stereocenters. The molecule has 0 aromatic rings. The first-order valence-corrected chi connectivity index (χ1v) is 24.1. The van der Waals surface area contributed by atoms with Crippen LogP contribution in [0.5, 0.6) is 0 Å². The molecule has 0 N–H and O–H groups in total. The summed E-state index contributed by atoms with van der Waals surface area (Å²) in [5.74, 6) is -0.740. The van der Waals surface area contributed by atoms with Crippen LogP contribution in [0.3, 0.4) is 0 Å². The maximum absolute atomic E-state index is 12.6. The van der Waals surface area contributed by atoms with Crippen LogP contribution in [-0.4, -0.2) is 111 Å². The summed E-state index contributed by atoms with van der Waals surface area (Å²) in [6, 6.07) is 0. The molecule has 15 heteroatoms. The molecule has 2 spiro atoms. The molecule has 63 heavy (non-hydrogen) atoms. The van der Waals surface area contributed by atoms with Gasteiger partial charge in [0.15, 0.2) is 25.2 Å². The highest BCUT2D eigenvalue weighted by Crippen LogP contribution is 2.72. The van der Waals surface area contributed by atoms with Gasteiger partial charge in [0.1, 0.15) is 36.6 Å². The van der Waals surface area contributed by atoms with E-state index in [0.717, 1.165) is 51.4 Å². The predicted molar refractivity (Wildman–Crippen MR) is 219 cm³/mol. The minimum atomic E-state index is -0.674. The van der Waals surface area contributed by atoms with Gasteiger partial charge in [-0.05, 0) is 75.0 Å².